The zero-order valence-electron chi connectivity index (χ0n) is 17.6. The molecule has 5 rings (SSSR count). The molecule has 0 bridgehead atoms. The summed E-state index contributed by atoms with van der Waals surface area (Å²) in [7, 11) is 0. The summed E-state index contributed by atoms with van der Waals surface area (Å²) in [6, 6.07) is 28.0. The van der Waals surface area contributed by atoms with Gasteiger partial charge in [0.1, 0.15) is 0 Å². The highest BCUT2D eigenvalue weighted by molar-refractivity contribution is 6.33. The van der Waals surface area contributed by atoms with Crippen molar-refractivity contribution in [2.45, 2.75) is 6.42 Å². The van der Waals surface area contributed by atoms with Crippen LogP contribution in [0.4, 0.5) is 11.4 Å². The summed E-state index contributed by atoms with van der Waals surface area (Å²) in [5, 5.41) is 11.7. The number of non-ortho nitro benzene ring substituents is 1. The Kier molecular flexibility index (Phi) is 5.40. The molecule has 0 aliphatic carbocycles. The third-order valence-electron chi connectivity index (χ3n) is 5.94. The van der Waals surface area contributed by atoms with Gasteiger partial charge < -0.3 is 4.90 Å². The van der Waals surface area contributed by atoms with E-state index in [1.807, 2.05) is 42.5 Å². The number of benzene rings is 4. The Bertz CT molecular complexity index is 1370. The van der Waals surface area contributed by atoms with Crippen LogP contribution in [-0.2, 0) is 6.42 Å². The predicted octanol–water partition coefficient (Wildman–Crippen LogP) is 6.79. The zero-order chi connectivity index (χ0) is 22.9. The Morgan fingerprint density at radius 3 is 2.27 bits per heavy atom. The van der Waals surface area contributed by atoms with Crippen molar-refractivity contribution in [2.75, 3.05) is 11.4 Å². The zero-order valence-corrected chi connectivity index (χ0v) is 18.3. The first-order valence-electron chi connectivity index (χ1n) is 10.6. The van der Waals surface area contributed by atoms with Crippen LogP contribution in [0.1, 0.15) is 15.9 Å². The largest absolute Gasteiger partial charge is 0.308 e. The lowest BCUT2D eigenvalue weighted by Crippen LogP contribution is -2.28. The van der Waals surface area contributed by atoms with Gasteiger partial charge in [0, 0.05) is 34.8 Å². The minimum absolute atomic E-state index is 0.0243. The lowest BCUT2D eigenvalue weighted by molar-refractivity contribution is -0.384. The van der Waals surface area contributed by atoms with Crippen molar-refractivity contribution in [2.24, 2.45) is 0 Å². The molecular formula is C27H19ClN2O3. The number of nitro groups is 1. The standard InChI is InChI=1S/C27H19ClN2O3/c28-25-13-11-22(27(31)29-15-14-21-10-12-23(30(32)33)17-26(21)29)16-24(25)20-8-6-19(7-9-20)18-4-2-1-3-5-18/h1-13,16-17H,14-15H2. The second kappa shape index (κ2) is 8.52. The van der Waals surface area contributed by atoms with Crippen molar-refractivity contribution in [1.82, 2.24) is 0 Å². The fourth-order valence-corrected chi connectivity index (χ4v) is 4.43. The van der Waals surface area contributed by atoms with E-state index in [1.54, 1.807) is 29.2 Å². The molecule has 0 spiro atoms. The van der Waals surface area contributed by atoms with Gasteiger partial charge in [-0.25, -0.2) is 0 Å². The number of amides is 1. The Hall–Kier alpha value is -3.96. The van der Waals surface area contributed by atoms with Gasteiger partial charge in [0.05, 0.1) is 10.6 Å². The first kappa shape index (κ1) is 20.9. The second-order valence-corrected chi connectivity index (χ2v) is 8.32. The normalized spacial score (nSPS) is 12.5. The monoisotopic (exact) mass is 454 g/mol. The molecule has 162 valence electrons. The highest BCUT2D eigenvalue weighted by atomic mass is 35.5. The molecule has 1 heterocycles. The molecule has 0 aromatic heterocycles. The molecule has 0 saturated carbocycles. The van der Waals surface area contributed by atoms with Crippen LogP contribution in [0.15, 0.2) is 91.0 Å². The molecule has 6 heteroatoms. The minimum Gasteiger partial charge on any atom is -0.308 e. The molecule has 1 aliphatic rings. The van der Waals surface area contributed by atoms with Crippen molar-refractivity contribution in [3.63, 3.8) is 0 Å². The molecular weight excluding hydrogens is 436 g/mol. The summed E-state index contributed by atoms with van der Waals surface area (Å²) < 4.78 is 0. The van der Waals surface area contributed by atoms with Crippen LogP contribution in [-0.4, -0.2) is 17.4 Å². The molecule has 0 N–H and O–H groups in total. The molecule has 4 aromatic rings. The number of carbonyl (C=O) groups excluding carboxylic acids is 1. The summed E-state index contributed by atoms with van der Waals surface area (Å²) >= 11 is 6.49. The van der Waals surface area contributed by atoms with Gasteiger partial charge in [0.2, 0.25) is 0 Å². The molecule has 1 aliphatic heterocycles. The molecule has 5 nitrogen and oxygen atoms in total. The number of fused-ring (bicyclic) bond motifs is 1. The predicted molar refractivity (Wildman–Crippen MR) is 131 cm³/mol. The van der Waals surface area contributed by atoms with E-state index in [0.29, 0.717) is 29.2 Å². The van der Waals surface area contributed by atoms with Gasteiger partial charge in [0.15, 0.2) is 0 Å². The average molecular weight is 455 g/mol. The fraction of sp³-hybridized carbons (Fsp3) is 0.0741. The van der Waals surface area contributed by atoms with Gasteiger partial charge in [-0.15, -0.1) is 0 Å². The highest BCUT2D eigenvalue weighted by Gasteiger charge is 2.28. The summed E-state index contributed by atoms with van der Waals surface area (Å²) in [5.74, 6) is -0.201. The molecule has 4 aromatic carbocycles. The van der Waals surface area contributed by atoms with E-state index in [2.05, 4.69) is 12.1 Å². The Balaban J connectivity index is 1.46. The number of carbonyl (C=O) groups is 1. The highest BCUT2D eigenvalue weighted by Crippen LogP contribution is 2.35. The van der Waals surface area contributed by atoms with Gasteiger partial charge in [-0.05, 0) is 46.9 Å². The maximum atomic E-state index is 13.3. The molecule has 0 saturated heterocycles. The molecule has 33 heavy (non-hydrogen) atoms. The SMILES string of the molecule is O=C(c1ccc(Cl)c(-c2ccc(-c3ccccc3)cc2)c1)N1CCc2ccc([N+](=O)[O-])cc21. The number of hydrogen-bond donors (Lipinski definition) is 0. The lowest BCUT2D eigenvalue weighted by atomic mass is 9.99. The van der Waals surface area contributed by atoms with Crippen LogP contribution in [0.2, 0.25) is 5.02 Å². The molecule has 0 fully saturated rings. The number of hydrogen-bond acceptors (Lipinski definition) is 3. The maximum absolute atomic E-state index is 13.3. The van der Waals surface area contributed by atoms with Gasteiger partial charge in [0.25, 0.3) is 11.6 Å². The van der Waals surface area contributed by atoms with Gasteiger partial charge in [-0.1, -0.05) is 72.3 Å². The number of rotatable bonds is 4. The number of nitro benzene ring substituents is 1. The maximum Gasteiger partial charge on any atom is 0.271 e. The molecule has 0 radical (unpaired) electrons. The first-order chi connectivity index (χ1) is 16.0. The second-order valence-electron chi connectivity index (χ2n) is 7.91. The smallest absolute Gasteiger partial charge is 0.271 e. The lowest BCUT2D eigenvalue weighted by Gasteiger charge is -2.18. The van der Waals surface area contributed by atoms with E-state index >= 15 is 0 Å². The van der Waals surface area contributed by atoms with Crippen molar-refractivity contribution in [3.05, 3.63) is 117 Å². The third-order valence-corrected chi connectivity index (χ3v) is 6.27. The van der Waals surface area contributed by atoms with Gasteiger partial charge in [-0.2, -0.15) is 0 Å². The molecule has 0 unspecified atom stereocenters. The summed E-state index contributed by atoms with van der Waals surface area (Å²) in [4.78, 5) is 25.7. The van der Waals surface area contributed by atoms with Crippen LogP contribution in [0.25, 0.3) is 22.3 Å². The molecule has 1 amide bonds. The van der Waals surface area contributed by atoms with Crippen molar-refractivity contribution in [1.29, 1.82) is 0 Å². The van der Waals surface area contributed by atoms with Crippen LogP contribution >= 0.6 is 11.6 Å². The van der Waals surface area contributed by atoms with Crippen LogP contribution < -0.4 is 4.90 Å². The van der Waals surface area contributed by atoms with E-state index in [-0.39, 0.29) is 11.6 Å². The quantitative estimate of drug-likeness (QED) is 0.252. The van der Waals surface area contributed by atoms with E-state index in [9.17, 15) is 14.9 Å². The Morgan fingerprint density at radius 1 is 0.848 bits per heavy atom. The minimum atomic E-state index is -0.444. The average Bonchev–Trinajstić information content (AvgIpc) is 3.28. The van der Waals surface area contributed by atoms with Gasteiger partial charge >= 0.3 is 0 Å². The van der Waals surface area contributed by atoms with E-state index in [1.165, 1.54) is 12.1 Å². The van der Waals surface area contributed by atoms with Crippen molar-refractivity contribution in [3.8, 4) is 22.3 Å². The van der Waals surface area contributed by atoms with Crippen molar-refractivity contribution >= 4 is 28.9 Å². The Labute approximate surface area is 196 Å². The summed E-state index contributed by atoms with van der Waals surface area (Å²) in [6.45, 7) is 0.485. The summed E-state index contributed by atoms with van der Waals surface area (Å²) in [5.41, 5.74) is 5.88. The van der Waals surface area contributed by atoms with Gasteiger partial charge in [-0.3, -0.25) is 14.9 Å². The van der Waals surface area contributed by atoms with E-state index in [4.69, 9.17) is 11.6 Å². The van der Waals surface area contributed by atoms with Crippen LogP contribution in [0.3, 0.4) is 0 Å². The first-order valence-corrected chi connectivity index (χ1v) is 10.9. The van der Waals surface area contributed by atoms with Crippen LogP contribution in [0, 0.1) is 10.1 Å². The van der Waals surface area contributed by atoms with E-state index in [0.717, 1.165) is 27.8 Å². The molecule has 0 atom stereocenters. The van der Waals surface area contributed by atoms with Crippen LogP contribution in [0.5, 0.6) is 0 Å². The number of anilines is 1. The summed E-state index contributed by atoms with van der Waals surface area (Å²) in [6.07, 6.45) is 0.667. The third kappa shape index (κ3) is 3.99. The van der Waals surface area contributed by atoms with Crippen molar-refractivity contribution < 1.29 is 9.72 Å². The number of nitrogens with zero attached hydrogens (tertiary/aromatic N) is 2. The topological polar surface area (TPSA) is 63.5 Å². The number of halogens is 1. The van der Waals surface area contributed by atoms with E-state index < -0.39 is 4.92 Å². The Morgan fingerprint density at radius 2 is 1.55 bits per heavy atom. The fourth-order valence-electron chi connectivity index (χ4n) is 4.20.